The molecule has 1 aliphatic rings. The Morgan fingerprint density at radius 1 is 1.10 bits per heavy atom. The van der Waals surface area contributed by atoms with Gasteiger partial charge in [0, 0.05) is 37.6 Å². The van der Waals surface area contributed by atoms with Crippen LogP contribution >= 0.6 is 11.6 Å². The summed E-state index contributed by atoms with van der Waals surface area (Å²) in [7, 11) is 1.64. The first-order chi connectivity index (χ1) is 13.9. The molecule has 1 saturated heterocycles. The number of methoxy groups -OCH3 is 1. The van der Waals surface area contributed by atoms with Crippen molar-refractivity contribution in [2.45, 2.75) is 13.8 Å². The van der Waals surface area contributed by atoms with Gasteiger partial charge in [0.1, 0.15) is 10.9 Å². The van der Waals surface area contributed by atoms with E-state index in [0.717, 1.165) is 17.1 Å². The number of hydrogen-bond donors (Lipinski definition) is 0. The Bertz CT molecular complexity index is 870. The lowest BCUT2D eigenvalue weighted by molar-refractivity contribution is -0.134. The van der Waals surface area contributed by atoms with Crippen molar-refractivity contribution >= 4 is 29.2 Å². The molecule has 1 aromatic carbocycles. The minimum Gasteiger partial charge on any atom is -0.497 e. The normalized spacial score (nSPS) is 13.9. The Kier molecular flexibility index (Phi) is 6.59. The molecule has 0 unspecified atom stereocenters. The van der Waals surface area contributed by atoms with Gasteiger partial charge >= 0.3 is 5.97 Å². The highest BCUT2D eigenvalue weighted by atomic mass is 35.5. The molecular weight excluding hydrogens is 394 g/mol. The minimum atomic E-state index is -0.634. The summed E-state index contributed by atoms with van der Waals surface area (Å²) in [6.45, 7) is 5.78. The maximum atomic E-state index is 12.4. The lowest BCUT2D eigenvalue weighted by atomic mass is 10.1. The van der Waals surface area contributed by atoms with E-state index in [1.54, 1.807) is 31.9 Å². The molecule has 1 aromatic heterocycles. The number of rotatable bonds is 5. The largest absolute Gasteiger partial charge is 0.497 e. The monoisotopic (exact) mass is 417 g/mol. The van der Waals surface area contributed by atoms with Crippen molar-refractivity contribution < 1.29 is 19.1 Å². The molecule has 1 amide bonds. The van der Waals surface area contributed by atoms with Gasteiger partial charge in [0.15, 0.2) is 6.61 Å². The number of carbonyl (C=O) groups is 2. The average molecular weight is 418 g/mol. The van der Waals surface area contributed by atoms with Crippen molar-refractivity contribution in [2.24, 2.45) is 0 Å². The molecule has 2 heterocycles. The maximum absolute atomic E-state index is 12.4. The summed E-state index contributed by atoms with van der Waals surface area (Å²) < 4.78 is 10.4. The number of pyridine rings is 1. The van der Waals surface area contributed by atoms with E-state index in [9.17, 15) is 9.59 Å². The van der Waals surface area contributed by atoms with Crippen molar-refractivity contribution in [3.8, 4) is 5.75 Å². The van der Waals surface area contributed by atoms with Gasteiger partial charge < -0.3 is 19.3 Å². The van der Waals surface area contributed by atoms with E-state index in [0.29, 0.717) is 31.7 Å². The fourth-order valence-corrected chi connectivity index (χ4v) is 3.69. The summed E-state index contributed by atoms with van der Waals surface area (Å²) in [5.74, 6) is -0.0460. The second-order valence-corrected chi connectivity index (χ2v) is 7.25. The Labute approximate surface area is 175 Å². The average Bonchev–Trinajstić information content (AvgIpc) is 2.71. The molecule has 0 radical (unpaired) electrons. The number of hydrogen-bond acceptors (Lipinski definition) is 6. The van der Waals surface area contributed by atoms with E-state index in [2.05, 4.69) is 9.88 Å². The molecule has 0 N–H and O–H groups in total. The molecule has 0 bridgehead atoms. The summed E-state index contributed by atoms with van der Waals surface area (Å²) in [6.07, 6.45) is 0. The van der Waals surface area contributed by atoms with Gasteiger partial charge in [-0.05, 0) is 49.7 Å². The number of anilines is 1. The van der Waals surface area contributed by atoms with E-state index in [1.165, 1.54) is 0 Å². The number of carbonyl (C=O) groups excluding carboxylic acids is 2. The Morgan fingerprint density at radius 3 is 2.34 bits per heavy atom. The highest BCUT2D eigenvalue weighted by Crippen LogP contribution is 2.21. The molecule has 2 aromatic rings. The van der Waals surface area contributed by atoms with Crippen LogP contribution in [0.2, 0.25) is 5.15 Å². The van der Waals surface area contributed by atoms with Crippen LogP contribution in [0, 0.1) is 13.8 Å². The molecule has 3 rings (SSSR count). The second-order valence-electron chi connectivity index (χ2n) is 6.89. The third-order valence-electron chi connectivity index (χ3n) is 4.90. The summed E-state index contributed by atoms with van der Waals surface area (Å²) >= 11 is 6.07. The Morgan fingerprint density at radius 2 is 1.76 bits per heavy atom. The van der Waals surface area contributed by atoms with E-state index in [-0.39, 0.29) is 23.2 Å². The number of aryl methyl sites for hydroxylation is 2. The van der Waals surface area contributed by atoms with Gasteiger partial charge in [-0.15, -0.1) is 0 Å². The van der Waals surface area contributed by atoms with Crippen LogP contribution < -0.4 is 9.64 Å². The number of amides is 1. The van der Waals surface area contributed by atoms with Gasteiger partial charge in [-0.25, -0.2) is 9.78 Å². The van der Waals surface area contributed by atoms with Crippen molar-refractivity contribution in [2.75, 3.05) is 44.8 Å². The molecule has 8 heteroatoms. The highest BCUT2D eigenvalue weighted by Gasteiger charge is 2.24. The number of benzene rings is 1. The molecule has 0 aliphatic carbocycles. The van der Waals surface area contributed by atoms with Crippen LogP contribution in [0.4, 0.5) is 5.69 Å². The predicted molar refractivity (Wildman–Crippen MR) is 111 cm³/mol. The van der Waals surface area contributed by atoms with Crippen LogP contribution in [0.15, 0.2) is 30.3 Å². The second kappa shape index (κ2) is 9.13. The van der Waals surface area contributed by atoms with Crippen molar-refractivity contribution in [1.82, 2.24) is 9.88 Å². The third-order valence-corrected chi connectivity index (χ3v) is 5.17. The number of nitrogens with zero attached hydrogens (tertiary/aromatic N) is 3. The van der Waals surface area contributed by atoms with Gasteiger partial charge in [-0.2, -0.15) is 0 Å². The van der Waals surface area contributed by atoms with Crippen LogP contribution in [0.3, 0.4) is 0 Å². The smallest absolute Gasteiger partial charge is 0.342 e. The molecule has 0 spiro atoms. The lowest BCUT2D eigenvalue weighted by Crippen LogP contribution is -2.49. The number of esters is 1. The van der Waals surface area contributed by atoms with Gasteiger partial charge in [-0.1, -0.05) is 11.6 Å². The molecular formula is C21H24ClN3O4. The summed E-state index contributed by atoms with van der Waals surface area (Å²) in [4.78, 5) is 32.8. The zero-order valence-electron chi connectivity index (χ0n) is 16.8. The van der Waals surface area contributed by atoms with Crippen LogP contribution in [0.1, 0.15) is 21.6 Å². The van der Waals surface area contributed by atoms with Crippen LogP contribution in [0.25, 0.3) is 0 Å². The first kappa shape index (κ1) is 20.9. The minimum absolute atomic E-state index is 0.0908. The van der Waals surface area contributed by atoms with Gasteiger partial charge in [0.25, 0.3) is 5.91 Å². The summed E-state index contributed by atoms with van der Waals surface area (Å²) in [5.41, 5.74) is 2.68. The van der Waals surface area contributed by atoms with Crippen molar-refractivity contribution in [3.05, 3.63) is 52.3 Å². The van der Waals surface area contributed by atoms with E-state index in [4.69, 9.17) is 21.1 Å². The molecule has 7 nitrogen and oxygen atoms in total. The Hall–Kier alpha value is -2.80. The molecule has 0 saturated carbocycles. The van der Waals surface area contributed by atoms with E-state index >= 15 is 0 Å². The maximum Gasteiger partial charge on any atom is 0.342 e. The Balaban J connectivity index is 1.51. The number of aromatic nitrogens is 1. The van der Waals surface area contributed by atoms with Gasteiger partial charge in [-0.3, -0.25) is 4.79 Å². The van der Waals surface area contributed by atoms with Crippen LogP contribution in [0.5, 0.6) is 5.75 Å². The quantitative estimate of drug-likeness (QED) is 0.550. The summed E-state index contributed by atoms with van der Waals surface area (Å²) in [6, 6.07) is 9.58. The summed E-state index contributed by atoms with van der Waals surface area (Å²) in [5, 5.41) is 0.0908. The number of ether oxygens (including phenoxy) is 2. The standard InChI is InChI=1S/C21H24ClN3O4/c1-14-12-15(2)23-20(22)19(14)21(27)29-13-18(26)25-10-8-24(9-11-25)16-4-6-17(28-3)7-5-16/h4-7,12H,8-11,13H2,1-3H3. The molecule has 29 heavy (non-hydrogen) atoms. The van der Waals surface area contributed by atoms with E-state index < -0.39 is 5.97 Å². The molecule has 1 aliphatic heterocycles. The number of halogens is 1. The number of piperazine rings is 1. The zero-order chi connectivity index (χ0) is 21.0. The first-order valence-electron chi connectivity index (χ1n) is 9.36. The SMILES string of the molecule is COc1ccc(N2CCN(C(=O)COC(=O)c3c(C)cc(C)nc3Cl)CC2)cc1. The topological polar surface area (TPSA) is 72.0 Å². The zero-order valence-corrected chi connectivity index (χ0v) is 17.5. The van der Waals surface area contributed by atoms with Gasteiger partial charge in [0.2, 0.25) is 0 Å². The van der Waals surface area contributed by atoms with Crippen molar-refractivity contribution in [1.29, 1.82) is 0 Å². The van der Waals surface area contributed by atoms with Crippen molar-refractivity contribution in [3.63, 3.8) is 0 Å². The highest BCUT2D eigenvalue weighted by molar-refractivity contribution is 6.32. The molecule has 0 atom stereocenters. The third kappa shape index (κ3) is 4.98. The fourth-order valence-electron chi connectivity index (χ4n) is 3.33. The fraction of sp³-hybridized carbons (Fsp3) is 0.381. The van der Waals surface area contributed by atoms with E-state index in [1.807, 2.05) is 24.3 Å². The van der Waals surface area contributed by atoms with Gasteiger partial charge in [0.05, 0.1) is 12.7 Å². The predicted octanol–water partition coefficient (Wildman–Crippen LogP) is 2.87. The van der Waals surface area contributed by atoms with Crippen LogP contribution in [-0.4, -0.2) is 61.7 Å². The first-order valence-corrected chi connectivity index (χ1v) is 9.74. The molecule has 1 fully saturated rings. The lowest BCUT2D eigenvalue weighted by Gasteiger charge is -2.36. The van der Waals surface area contributed by atoms with Crippen LogP contribution in [-0.2, 0) is 9.53 Å². The molecule has 154 valence electrons.